The molecular formula is C30H40N4OS. The van der Waals surface area contributed by atoms with Crippen LogP contribution in [-0.4, -0.2) is 47.0 Å². The predicted octanol–water partition coefficient (Wildman–Crippen LogP) is 6.46. The molecule has 0 saturated carbocycles. The van der Waals surface area contributed by atoms with E-state index < -0.39 is 0 Å². The normalized spacial score (nSPS) is 16.4. The fraction of sp³-hybridized carbons (Fsp3) is 0.567. The Bertz CT molecular complexity index is 1190. The molecule has 1 aromatic carbocycles. The molecule has 1 aliphatic heterocycles. The van der Waals surface area contributed by atoms with E-state index in [0.29, 0.717) is 5.92 Å². The number of aryl methyl sites for hydroxylation is 3. The smallest absolute Gasteiger partial charge is 0.253 e. The van der Waals surface area contributed by atoms with Gasteiger partial charge >= 0.3 is 0 Å². The summed E-state index contributed by atoms with van der Waals surface area (Å²) < 4.78 is 0. The maximum Gasteiger partial charge on any atom is 0.253 e. The van der Waals surface area contributed by atoms with Gasteiger partial charge in [-0.25, -0.2) is 9.97 Å². The van der Waals surface area contributed by atoms with Crippen molar-refractivity contribution < 1.29 is 4.79 Å². The van der Waals surface area contributed by atoms with Gasteiger partial charge in [0, 0.05) is 43.0 Å². The lowest BCUT2D eigenvalue weighted by Gasteiger charge is -2.36. The van der Waals surface area contributed by atoms with E-state index in [-0.39, 0.29) is 5.91 Å². The van der Waals surface area contributed by atoms with Crippen LogP contribution in [0.4, 0.5) is 5.82 Å². The van der Waals surface area contributed by atoms with E-state index in [1.807, 2.05) is 28.4 Å². The molecule has 5 nitrogen and oxygen atoms in total. The lowest BCUT2D eigenvalue weighted by atomic mass is 10.1. The maximum atomic E-state index is 13.2. The van der Waals surface area contributed by atoms with Gasteiger partial charge in [-0.3, -0.25) is 4.79 Å². The Morgan fingerprint density at radius 1 is 1.00 bits per heavy atom. The van der Waals surface area contributed by atoms with Crippen molar-refractivity contribution >= 4 is 33.3 Å². The minimum atomic E-state index is 0.148. The highest BCUT2D eigenvalue weighted by Crippen LogP contribution is 2.39. The molecule has 1 aliphatic carbocycles. The summed E-state index contributed by atoms with van der Waals surface area (Å²) in [4.78, 5) is 30.5. The highest BCUT2D eigenvalue weighted by Gasteiger charge is 2.27. The van der Waals surface area contributed by atoms with Gasteiger partial charge in [0.2, 0.25) is 0 Å². The first kappa shape index (κ1) is 25.2. The predicted molar refractivity (Wildman–Crippen MR) is 150 cm³/mol. The number of amides is 1. The number of piperazine rings is 1. The summed E-state index contributed by atoms with van der Waals surface area (Å²) >= 11 is 1.90. The number of hydrogen-bond donors (Lipinski definition) is 0. The summed E-state index contributed by atoms with van der Waals surface area (Å²) in [6, 6.07) is 8.25. The Morgan fingerprint density at radius 2 is 1.75 bits per heavy atom. The molecule has 0 radical (unpaired) electrons. The molecule has 3 heterocycles. The molecule has 1 amide bonds. The fourth-order valence-corrected chi connectivity index (χ4v) is 6.82. The second-order valence-corrected chi connectivity index (χ2v) is 12.0. The number of fused-ring (bicyclic) bond motifs is 3. The zero-order chi connectivity index (χ0) is 25.1. The van der Waals surface area contributed by atoms with Crippen molar-refractivity contribution in [2.45, 2.75) is 78.6 Å². The van der Waals surface area contributed by atoms with Gasteiger partial charge in [0.1, 0.15) is 16.5 Å². The number of aromatic nitrogens is 2. The van der Waals surface area contributed by atoms with Crippen molar-refractivity contribution in [1.29, 1.82) is 0 Å². The molecular weight excluding hydrogens is 464 g/mol. The zero-order valence-corrected chi connectivity index (χ0v) is 23.0. The largest absolute Gasteiger partial charge is 0.352 e. The minimum absolute atomic E-state index is 0.148. The summed E-state index contributed by atoms with van der Waals surface area (Å²) in [6.07, 6.45) is 10.5. The molecule has 1 saturated heterocycles. The quantitative estimate of drug-likeness (QED) is 0.346. The first-order valence-corrected chi connectivity index (χ1v) is 14.8. The third-order valence-corrected chi connectivity index (χ3v) is 8.75. The second kappa shape index (κ2) is 11.3. The summed E-state index contributed by atoms with van der Waals surface area (Å²) in [5.41, 5.74) is 3.62. The lowest BCUT2D eigenvalue weighted by Crippen LogP contribution is -2.49. The van der Waals surface area contributed by atoms with Crippen LogP contribution in [0, 0.1) is 5.92 Å². The number of carbonyl (C=O) groups is 1. The van der Waals surface area contributed by atoms with E-state index in [2.05, 4.69) is 37.8 Å². The third-order valence-electron chi connectivity index (χ3n) is 7.57. The Hall–Kier alpha value is -2.47. The lowest BCUT2D eigenvalue weighted by molar-refractivity contribution is 0.0746. The van der Waals surface area contributed by atoms with E-state index in [1.165, 1.54) is 64.7 Å². The molecule has 0 bridgehead atoms. The molecule has 6 heteroatoms. The molecule has 3 aromatic rings. The molecule has 2 aliphatic rings. The van der Waals surface area contributed by atoms with E-state index in [9.17, 15) is 4.79 Å². The van der Waals surface area contributed by atoms with Gasteiger partial charge in [-0.05, 0) is 67.7 Å². The van der Waals surface area contributed by atoms with Crippen molar-refractivity contribution in [2.24, 2.45) is 5.92 Å². The first-order chi connectivity index (χ1) is 17.5. The van der Waals surface area contributed by atoms with E-state index >= 15 is 0 Å². The standard InChI is InChI=1S/C30H40N4OS/c1-4-5-9-22-12-14-23(15-13-22)30(35)34-18-16-33(17-19-34)28-27-24-10-7-6-8-11-25(24)36-29(27)32-26(31-28)20-21(2)3/h12-15,21H,4-11,16-20H2,1-3H3. The van der Waals surface area contributed by atoms with Gasteiger partial charge in [-0.1, -0.05) is 45.7 Å². The van der Waals surface area contributed by atoms with Crippen molar-refractivity contribution in [1.82, 2.24) is 14.9 Å². The average molecular weight is 505 g/mol. The molecule has 36 heavy (non-hydrogen) atoms. The molecule has 0 N–H and O–H groups in total. The van der Waals surface area contributed by atoms with Crippen LogP contribution < -0.4 is 4.90 Å². The monoisotopic (exact) mass is 504 g/mol. The average Bonchev–Trinajstić information content (AvgIpc) is 3.07. The molecule has 1 fully saturated rings. The Balaban J connectivity index is 1.36. The van der Waals surface area contributed by atoms with E-state index in [4.69, 9.17) is 9.97 Å². The molecule has 192 valence electrons. The second-order valence-electron chi connectivity index (χ2n) is 10.9. The fourth-order valence-electron chi connectivity index (χ4n) is 5.54. The number of carbonyl (C=O) groups excluding carboxylic acids is 1. The van der Waals surface area contributed by atoms with Crippen LogP contribution >= 0.6 is 11.3 Å². The molecule has 0 spiro atoms. The maximum absolute atomic E-state index is 13.2. The summed E-state index contributed by atoms with van der Waals surface area (Å²) in [5, 5.41) is 1.30. The van der Waals surface area contributed by atoms with Crippen LogP contribution in [0.5, 0.6) is 0 Å². The first-order valence-electron chi connectivity index (χ1n) is 14.0. The van der Waals surface area contributed by atoms with E-state index in [1.54, 1.807) is 0 Å². The number of nitrogens with zero attached hydrogens (tertiary/aromatic N) is 4. The van der Waals surface area contributed by atoms with Gasteiger partial charge in [-0.2, -0.15) is 0 Å². The van der Waals surface area contributed by atoms with Crippen LogP contribution in [0.25, 0.3) is 10.2 Å². The number of rotatable bonds is 7. The Kier molecular flexibility index (Phi) is 7.90. The number of hydrogen-bond acceptors (Lipinski definition) is 5. The van der Waals surface area contributed by atoms with Crippen molar-refractivity contribution in [3.8, 4) is 0 Å². The Morgan fingerprint density at radius 3 is 2.47 bits per heavy atom. The summed E-state index contributed by atoms with van der Waals surface area (Å²) in [5.74, 6) is 2.75. The number of benzene rings is 1. The van der Waals surface area contributed by atoms with Crippen molar-refractivity contribution in [3.63, 3.8) is 0 Å². The van der Waals surface area contributed by atoms with Gasteiger partial charge in [0.25, 0.3) is 5.91 Å². The highest BCUT2D eigenvalue weighted by molar-refractivity contribution is 7.19. The topological polar surface area (TPSA) is 49.3 Å². The van der Waals surface area contributed by atoms with E-state index in [0.717, 1.165) is 62.6 Å². The van der Waals surface area contributed by atoms with Crippen molar-refractivity contribution in [3.05, 3.63) is 51.7 Å². The van der Waals surface area contributed by atoms with Crippen LogP contribution in [0.1, 0.15) is 85.1 Å². The molecule has 0 unspecified atom stereocenters. The molecule has 2 aromatic heterocycles. The zero-order valence-electron chi connectivity index (χ0n) is 22.2. The molecule has 0 atom stereocenters. The van der Waals surface area contributed by atoms with Crippen molar-refractivity contribution in [2.75, 3.05) is 31.1 Å². The number of unbranched alkanes of at least 4 members (excludes halogenated alkanes) is 1. The van der Waals surface area contributed by atoms with Crippen LogP contribution in [-0.2, 0) is 25.7 Å². The Labute approximate surface area is 219 Å². The number of anilines is 1. The highest BCUT2D eigenvalue weighted by atomic mass is 32.1. The van der Waals surface area contributed by atoms with Crippen LogP contribution in [0.2, 0.25) is 0 Å². The van der Waals surface area contributed by atoms with Gasteiger partial charge < -0.3 is 9.80 Å². The molecule has 5 rings (SSSR count). The van der Waals surface area contributed by atoms with Gasteiger partial charge in [-0.15, -0.1) is 11.3 Å². The van der Waals surface area contributed by atoms with Gasteiger partial charge in [0.05, 0.1) is 5.39 Å². The summed E-state index contributed by atoms with van der Waals surface area (Å²) in [7, 11) is 0. The van der Waals surface area contributed by atoms with Crippen LogP contribution in [0.15, 0.2) is 24.3 Å². The van der Waals surface area contributed by atoms with Crippen LogP contribution in [0.3, 0.4) is 0 Å². The number of thiophene rings is 1. The SMILES string of the molecule is CCCCc1ccc(C(=O)N2CCN(c3nc(CC(C)C)nc4sc5c(c34)CCCCC5)CC2)cc1. The van der Waals surface area contributed by atoms with Gasteiger partial charge in [0.15, 0.2) is 0 Å². The minimum Gasteiger partial charge on any atom is -0.352 e. The summed E-state index contributed by atoms with van der Waals surface area (Å²) in [6.45, 7) is 9.77. The third kappa shape index (κ3) is 5.44.